The molecular weight excluding hydrogens is 386 g/mol. The third-order valence-electron chi connectivity index (χ3n) is 7.61. The summed E-state index contributed by atoms with van der Waals surface area (Å²) in [5.74, 6) is 0.715. The number of phenols is 1. The van der Waals surface area contributed by atoms with Gasteiger partial charge in [0.2, 0.25) is 5.91 Å². The second-order valence-electron chi connectivity index (χ2n) is 9.16. The Bertz CT molecular complexity index is 1430. The molecule has 3 heterocycles. The minimum Gasteiger partial charge on any atom is -0.508 e. The van der Waals surface area contributed by atoms with Crippen LogP contribution >= 0.6 is 0 Å². The molecule has 2 bridgehead atoms. The SMILES string of the molecule is O=C1Nc2cnc3cc(-c4cc(O)cc5ccccc45)ccc3c2C12CC1CC2CN1. The van der Waals surface area contributed by atoms with E-state index in [4.69, 9.17) is 4.98 Å². The number of nitrogens with zero attached hydrogens (tertiary/aromatic N) is 1. The number of aromatic nitrogens is 1. The Morgan fingerprint density at radius 3 is 2.81 bits per heavy atom. The van der Waals surface area contributed by atoms with Gasteiger partial charge in [-0.15, -0.1) is 0 Å². The van der Waals surface area contributed by atoms with E-state index in [1.165, 1.54) is 0 Å². The summed E-state index contributed by atoms with van der Waals surface area (Å²) >= 11 is 0. The van der Waals surface area contributed by atoms with Crippen molar-refractivity contribution in [1.29, 1.82) is 0 Å². The van der Waals surface area contributed by atoms with Crippen LogP contribution in [0.2, 0.25) is 0 Å². The molecule has 5 nitrogen and oxygen atoms in total. The zero-order valence-corrected chi connectivity index (χ0v) is 16.9. The molecule has 2 fully saturated rings. The highest BCUT2D eigenvalue weighted by atomic mass is 16.3. The van der Waals surface area contributed by atoms with Gasteiger partial charge < -0.3 is 15.7 Å². The van der Waals surface area contributed by atoms with E-state index in [1.807, 2.05) is 30.5 Å². The van der Waals surface area contributed by atoms with Crippen molar-refractivity contribution in [2.24, 2.45) is 5.92 Å². The minimum absolute atomic E-state index is 0.133. The number of hydrogen-bond acceptors (Lipinski definition) is 4. The van der Waals surface area contributed by atoms with E-state index in [9.17, 15) is 9.90 Å². The summed E-state index contributed by atoms with van der Waals surface area (Å²) in [6.07, 6.45) is 3.73. The van der Waals surface area contributed by atoms with Crippen LogP contribution in [0.3, 0.4) is 0 Å². The summed E-state index contributed by atoms with van der Waals surface area (Å²) in [7, 11) is 0. The van der Waals surface area contributed by atoms with Crippen LogP contribution in [0.4, 0.5) is 5.69 Å². The van der Waals surface area contributed by atoms with Crippen LogP contribution in [0.15, 0.2) is 60.8 Å². The number of nitrogens with one attached hydrogen (secondary N) is 2. The van der Waals surface area contributed by atoms with Crippen LogP contribution < -0.4 is 10.6 Å². The minimum atomic E-state index is -0.439. The molecule has 3 unspecified atom stereocenters. The number of aromatic hydroxyl groups is 1. The Hall–Kier alpha value is -3.44. The smallest absolute Gasteiger partial charge is 0.235 e. The molecule has 1 saturated heterocycles. The monoisotopic (exact) mass is 407 g/mol. The molecule has 5 heteroatoms. The van der Waals surface area contributed by atoms with E-state index in [1.54, 1.807) is 6.07 Å². The van der Waals surface area contributed by atoms with Crippen molar-refractivity contribution in [3.63, 3.8) is 0 Å². The molecule has 3 aliphatic rings. The lowest BCUT2D eigenvalue weighted by atomic mass is 9.71. The molecule has 4 aromatic rings. The Labute approximate surface area is 179 Å². The van der Waals surface area contributed by atoms with Crippen LogP contribution in [0.1, 0.15) is 18.4 Å². The van der Waals surface area contributed by atoms with Crippen LogP contribution in [-0.2, 0) is 10.2 Å². The van der Waals surface area contributed by atoms with E-state index < -0.39 is 5.41 Å². The molecule has 31 heavy (non-hydrogen) atoms. The first kappa shape index (κ1) is 17.3. The van der Waals surface area contributed by atoms with E-state index in [0.717, 1.165) is 63.4 Å². The number of anilines is 1. The molecule has 152 valence electrons. The molecule has 1 amide bonds. The van der Waals surface area contributed by atoms with Gasteiger partial charge in [-0.3, -0.25) is 9.78 Å². The Morgan fingerprint density at radius 1 is 1.06 bits per heavy atom. The number of amides is 1. The topological polar surface area (TPSA) is 74.2 Å². The summed E-state index contributed by atoms with van der Waals surface area (Å²) in [4.78, 5) is 17.9. The molecule has 3 atom stereocenters. The standard InChI is InChI=1S/C26H21N3O2/c30-18-7-14-3-1-2-4-19(14)21(10-18)15-5-6-20-22(8-15)28-13-23-24(20)26(25(31)29-23)11-17-9-16(26)12-27-17/h1-8,10,13,16-17,27,30H,9,11-12H2,(H,29,31). The van der Waals surface area contributed by atoms with Crippen molar-refractivity contribution in [2.75, 3.05) is 11.9 Å². The van der Waals surface area contributed by atoms with Gasteiger partial charge in [0.1, 0.15) is 5.75 Å². The van der Waals surface area contributed by atoms with Crippen LogP contribution in [0.5, 0.6) is 5.75 Å². The molecule has 1 aromatic heterocycles. The highest BCUT2D eigenvalue weighted by molar-refractivity contribution is 6.12. The van der Waals surface area contributed by atoms with Gasteiger partial charge in [-0.1, -0.05) is 36.4 Å². The average Bonchev–Trinajstić information content (AvgIpc) is 3.47. The fraction of sp³-hybridized carbons (Fsp3) is 0.231. The third kappa shape index (κ3) is 2.19. The lowest BCUT2D eigenvalue weighted by molar-refractivity contribution is -0.122. The first-order valence-corrected chi connectivity index (χ1v) is 10.8. The summed E-state index contributed by atoms with van der Waals surface area (Å²) in [6, 6.07) is 18.4. The van der Waals surface area contributed by atoms with Gasteiger partial charge in [-0.2, -0.15) is 0 Å². The van der Waals surface area contributed by atoms with Crippen molar-refractivity contribution in [2.45, 2.75) is 24.3 Å². The van der Waals surface area contributed by atoms with Gasteiger partial charge in [0.15, 0.2) is 0 Å². The van der Waals surface area contributed by atoms with Gasteiger partial charge >= 0.3 is 0 Å². The Balaban J connectivity index is 1.45. The average molecular weight is 407 g/mol. The molecule has 3 aromatic carbocycles. The van der Waals surface area contributed by atoms with Crippen LogP contribution in [0.25, 0.3) is 32.8 Å². The largest absolute Gasteiger partial charge is 0.508 e. The van der Waals surface area contributed by atoms with Gasteiger partial charge in [-0.25, -0.2) is 0 Å². The summed E-state index contributed by atoms with van der Waals surface area (Å²) in [6.45, 7) is 0.898. The molecule has 1 spiro atoms. The normalized spacial score (nSPS) is 26.1. The number of rotatable bonds is 1. The summed E-state index contributed by atoms with van der Waals surface area (Å²) in [5, 5.41) is 20.1. The number of carbonyl (C=O) groups excluding carboxylic acids is 1. The molecule has 1 saturated carbocycles. The van der Waals surface area contributed by atoms with Crippen LogP contribution in [-0.4, -0.2) is 28.6 Å². The van der Waals surface area contributed by atoms with Crippen molar-refractivity contribution >= 4 is 33.3 Å². The molecule has 7 rings (SSSR count). The Kier molecular flexibility index (Phi) is 3.25. The van der Waals surface area contributed by atoms with Gasteiger partial charge in [0.05, 0.1) is 22.8 Å². The zero-order valence-electron chi connectivity index (χ0n) is 16.9. The second-order valence-corrected chi connectivity index (χ2v) is 9.16. The number of benzene rings is 3. The van der Waals surface area contributed by atoms with E-state index in [-0.39, 0.29) is 11.7 Å². The first-order valence-electron chi connectivity index (χ1n) is 10.8. The van der Waals surface area contributed by atoms with E-state index in [0.29, 0.717) is 12.0 Å². The number of hydrogen-bond donors (Lipinski definition) is 3. The quantitative estimate of drug-likeness (QED) is 0.439. The maximum Gasteiger partial charge on any atom is 0.235 e. The Morgan fingerprint density at radius 2 is 1.97 bits per heavy atom. The van der Waals surface area contributed by atoms with E-state index >= 15 is 0 Å². The summed E-state index contributed by atoms with van der Waals surface area (Å²) in [5.41, 5.74) is 4.42. The number of phenolic OH excluding ortho intramolecular Hbond substituents is 1. The number of piperidine rings is 1. The lowest BCUT2D eigenvalue weighted by Crippen LogP contribution is -2.46. The summed E-state index contributed by atoms with van der Waals surface area (Å²) < 4.78 is 0. The van der Waals surface area contributed by atoms with Gasteiger partial charge in [0, 0.05) is 17.0 Å². The second kappa shape index (κ2) is 5.83. The van der Waals surface area contributed by atoms with Gasteiger partial charge in [-0.05, 0) is 65.4 Å². The fourth-order valence-corrected chi connectivity index (χ4v) is 6.31. The molecule has 3 N–H and O–H groups in total. The number of fused-ring (bicyclic) bond motifs is 8. The third-order valence-corrected chi connectivity index (χ3v) is 7.61. The molecular formula is C26H21N3O2. The maximum atomic E-state index is 13.2. The predicted octanol–water partition coefficient (Wildman–Crippen LogP) is 4.33. The van der Waals surface area contributed by atoms with Crippen molar-refractivity contribution in [1.82, 2.24) is 10.3 Å². The van der Waals surface area contributed by atoms with Crippen molar-refractivity contribution in [3.05, 3.63) is 66.4 Å². The lowest BCUT2D eigenvalue weighted by Gasteiger charge is -2.32. The maximum absolute atomic E-state index is 13.2. The molecule has 0 radical (unpaired) electrons. The van der Waals surface area contributed by atoms with Gasteiger partial charge in [0.25, 0.3) is 0 Å². The van der Waals surface area contributed by atoms with Crippen LogP contribution in [0, 0.1) is 5.92 Å². The number of pyridine rings is 1. The zero-order chi connectivity index (χ0) is 20.7. The number of carbonyl (C=O) groups is 1. The highest BCUT2D eigenvalue weighted by Gasteiger charge is 2.60. The van der Waals surface area contributed by atoms with E-state index in [2.05, 4.69) is 34.9 Å². The highest BCUT2D eigenvalue weighted by Crippen LogP contribution is 2.56. The van der Waals surface area contributed by atoms with Crippen molar-refractivity contribution < 1.29 is 9.90 Å². The first-order chi connectivity index (χ1) is 15.1. The predicted molar refractivity (Wildman–Crippen MR) is 121 cm³/mol. The molecule has 2 aliphatic heterocycles. The molecule has 1 aliphatic carbocycles. The van der Waals surface area contributed by atoms with Crippen molar-refractivity contribution in [3.8, 4) is 16.9 Å². The fourth-order valence-electron chi connectivity index (χ4n) is 6.31.